The maximum absolute atomic E-state index is 10.8. The number of nitriles is 1. The van der Waals surface area contributed by atoms with E-state index >= 15 is 0 Å². The number of nitrogens with zero attached hydrogens (tertiary/aromatic N) is 1. The molecule has 0 saturated carbocycles. The molecule has 2 bridgehead atoms. The van der Waals surface area contributed by atoms with Crippen LogP contribution in [0.3, 0.4) is 0 Å². The minimum absolute atomic E-state index is 0.155. The fraction of sp³-hybridized carbons (Fsp3) is 0.147. The van der Waals surface area contributed by atoms with Crippen LogP contribution in [0.2, 0.25) is 6.55 Å². The molecule has 0 amide bonds. The van der Waals surface area contributed by atoms with Crippen LogP contribution in [-0.2, 0) is 10.1 Å². The van der Waals surface area contributed by atoms with E-state index in [1.165, 1.54) is 33.4 Å². The Morgan fingerprint density at radius 1 is 0.722 bits per heavy atom. The van der Waals surface area contributed by atoms with Gasteiger partial charge >= 0.3 is 0 Å². The molecule has 0 N–H and O–H groups in total. The molecule has 6 rings (SSSR count). The largest absolute Gasteiger partial charge is 0.198 e. The standard InChI is InChI=1S/C34H29NSi/c1-3-36(2)33(28-20-12-6-13-21-28)24-30(25-35)34(36,29-22-14-7-15-23-29)32(27-18-10-5-11-19-27)31(33)26-16-8-4-9-17-26/h3-23,30H,1,24H2,2H3. The van der Waals surface area contributed by atoms with Crippen molar-refractivity contribution in [3.8, 4) is 6.07 Å². The van der Waals surface area contributed by atoms with E-state index in [2.05, 4.69) is 146 Å². The third kappa shape index (κ3) is 2.64. The Bertz CT molecular complexity index is 1490. The first-order valence-corrected chi connectivity index (χ1v) is 15.2. The van der Waals surface area contributed by atoms with Crippen LogP contribution >= 0.6 is 0 Å². The minimum atomic E-state index is -2.55. The van der Waals surface area contributed by atoms with E-state index in [0.29, 0.717) is 0 Å². The average Bonchev–Trinajstić information content (AvgIpc) is 3.32. The van der Waals surface area contributed by atoms with Gasteiger partial charge in [-0.3, -0.25) is 0 Å². The van der Waals surface area contributed by atoms with Crippen LogP contribution in [-0.4, -0.2) is 8.07 Å². The van der Waals surface area contributed by atoms with Crippen LogP contribution in [0.1, 0.15) is 28.7 Å². The molecule has 2 heterocycles. The number of hydrogen-bond donors (Lipinski definition) is 0. The maximum atomic E-state index is 10.8. The number of allylic oxidation sites excluding steroid dienone is 2. The number of hydrogen-bond acceptors (Lipinski definition) is 1. The summed E-state index contributed by atoms with van der Waals surface area (Å²) in [6.45, 7) is 7.03. The van der Waals surface area contributed by atoms with Crippen molar-refractivity contribution >= 4 is 19.2 Å². The molecule has 36 heavy (non-hydrogen) atoms. The first-order chi connectivity index (χ1) is 17.6. The molecule has 4 atom stereocenters. The van der Waals surface area contributed by atoms with Crippen LogP contribution in [0.4, 0.5) is 0 Å². The van der Waals surface area contributed by atoms with Gasteiger partial charge in [0.25, 0.3) is 0 Å². The van der Waals surface area contributed by atoms with Crippen LogP contribution < -0.4 is 0 Å². The lowest BCUT2D eigenvalue weighted by atomic mass is 9.63. The molecule has 1 nitrogen and oxygen atoms in total. The van der Waals surface area contributed by atoms with E-state index in [0.717, 1.165) is 6.42 Å². The van der Waals surface area contributed by atoms with Gasteiger partial charge in [-0.15, -0.1) is 6.58 Å². The number of benzene rings is 4. The first-order valence-electron chi connectivity index (χ1n) is 12.7. The van der Waals surface area contributed by atoms with Crippen molar-refractivity contribution < 1.29 is 0 Å². The zero-order chi connectivity index (χ0) is 24.8. The molecular formula is C34H29NSi. The average molecular weight is 480 g/mol. The fourth-order valence-corrected chi connectivity index (χ4v) is 13.6. The highest BCUT2D eigenvalue weighted by Gasteiger charge is 2.78. The summed E-state index contributed by atoms with van der Waals surface area (Å²) in [5.74, 6) is -0.155. The van der Waals surface area contributed by atoms with Crippen molar-refractivity contribution in [1.29, 1.82) is 5.26 Å². The molecule has 2 aliphatic rings. The van der Waals surface area contributed by atoms with E-state index < -0.39 is 13.1 Å². The van der Waals surface area contributed by atoms with E-state index in [4.69, 9.17) is 0 Å². The fourth-order valence-electron chi connectivity index (χ4n) is 7.66. The molecule has 4 unspecified atom stereocenters. The van der Waals surface area contributed by atoms with Gasteiger partial charge in [-0.05, 0) is 39.8 Å². The molecular weight excluding hydrogens is 450 g/mol. The van der Waals surface area contributed by atoms with E-state index in [-0.39, 0.29) is 11.0 Å². The Labute approximate surface area is 215 Å². The molecule has 2 aliphatic heterocycles. The van der Waals surface area contributed by atoms with Crippen molar-refractivity contribution in [3.05, 3.63) is 156 Å². The van der Waals surface area contributed by atoms with E-state index in [9.17, 15) is 5.26 Å². The predicted molar refractivity (Wildman–Crippen MR) is 151 cm³/mol. The van der Waals surface area contributed by atoms with E-state index in [1.54, 1.807) is 0 Å². The molecule has 0 radical (unpaired) electrons. The molecule has 2 heteroatoms. The van der Waals surface area contributed by atoms with Crippen LogP contribution in [0.25, 0.3) is 11.1 Å². The topological polar surface area (TPSA) is 23.8 Å². The molecule has 174 valence electrons. The van der Waals surface area contributed by atoms with Crippen molar-refractivity contribution in [3.63, 3.8) is 0 Å². The summed E-state index contributed by atoms with van der Waals surface area (Å²) in [7, 11) is -2.55. The molecule has 1 saturated heterocycles. The lowest BCUT2D eigenvalue weighted by Crippen LogP contribution is -2.57. The van der Waals surface area contributed by atoms with Crippen LogP contribution in [0.15, 0.2) is 134 Å². The molecule has 0 spiro atoms. The highest BCUT2D eigenvalue weighted by Crippen LogP contribution is 2.75. The summed E-state index contributed by atoms with van der Waals surface area (Å²) in [5, 5.41) is 10.1. The second-order valence-corrected chi connectivity index (χ2v) is 14.7. The lowest BCUT2D eigenvalue weighted by Gasteiger charge is -2.45. The monoisotopic (exact) mass is 479 g/mol. The maximum Gasteiger partial charge on any atom is 0.107 e. The molecule has 4 aromatic rings. The molecule has 4 aromatic carbocycles. The van der Waals surface area contributed by atoms with Gasteiger partial charge in [0.2, 0.25) is 0 Å². The smallest absolute Gasteiger partial charge is 0.107 e. The predicted octanol–water partition coefficient (Wildman–Crippen LogP) is 7.91. The Morgan fingerprint density at radius 3 is 1.64 bits per heavy atom. The van der Waals surface area contributed by atoms with Gasteiger partial charge in [-0.2, -0.15) is 5.26 Å². The van der Waals surface area contributed by atoms with Crippen molar-refractivity contribution in [2.24, 2.45) is 5.92 Å². The summed E-state index contributed by atoms with van der Waals surface area (Å²) in [5.41, 5.74) is 9.99. The van der Waals surface area contributed by atoms with E-state index in [1.807, 2.05) is 0 Å². The Kier molecular flexibility index (Phi) is 5.21. The summed E-state index contributed by atoms with van der Waals surface area (Å²) < 4.78 is 0. The summed E-state index contributed by atoms with van der Waals surface area (Å²) in [6, 6.07) is 46.3. The van der Waals surface area contributed by atoms with Gasteiger partial charge in [-0.25, -0.2) is 0 Å². The van der Waals surface area contributed by atoms with Crippen LogP contribution in [0.5, 0.6) is 0 Å². The summed E-state index contributed by atoms with van der Waals surface area (Å²) in [6.07, 6.45) is 0.803. The number of rotatable bonds is 5. The van der Waals surface area contributed by atoms with Gasteiger partial charge in [0, 0.05) is 10.1 Å². The first kappa shape index (κ1) is 22.5. The molecule has 1 fully saturated rings. The second kappa shape index (κ2) is 8.33. The third-order valence-electron chi connectivity index (χ3n) is 8.99. The Hall–Kier alpha value is -3.93. The highest BCUT2D eigenvalue weighted by atomic mass is 28.3. The van der Waals surface area contributed by atoms with Gasteiger partial charge in [-0.1, -0.05) is 134 Å². The number of fused-ring (bicyclic) bond motifs is 2. The van der Waals surface area contributed by atoms with Crippen molar-refractivity contribution in [1.82, 2.24) is 0 Å². The minimum Gasteiger partial charge on any atom is -0.198 e. The van der Waals surface area contributed by atoms with Crippen LogP contribution in [0, 0.1) is 17.2 Å². The SMILES string of the molecule is C=C[Si]1(C)C2(c3ccccc3)CC(C#N)C1(c1ccccc1)C(c1ccccc1)=C2c1ccccc1. The van der Waals surface area contributed by atoms with Gasteiger partial charge in [0.15, 0.2) is 0 Å². The Balaban J connectivity index is 1.88. The summed E-state index contributed by atoms with van der Waals surface area (Å²) in [4.78, 5) is 0. The highest BCUT2D eigenvalue weighted by molar-refractivity contribution is 6.94. The Morgan fingerprint density at radius 2 is 1.17 bits per heavy atom. The zero-order valence-corrected chi connectivity index (χ0v) is 21.6. The third-order valence-corrected chi connectivity index (χ3v) is 14.9. The molecule has 0 aromatic heterocycles. The van der Waals surface area contributed by atoms with Gasteiger partial charge < -0.3 is 0 Å². The normalized spacial score (nSPS) is 28.6. The zero-order valence-electron chi connectivity index (χ0n) is 20.6. The van der Waals surface area contributed by atoms with Gasteiger partial charge in [0.1, 0.15) is 8.07 Å². The lowest BCUT2D eigenvalue weighted by molar-refractivity contribution is 0.511. The quantitative estimate of drug-likeness (QED) is 0.267. The summed E-state index contributed by atoms with van der Waals surface area (Å²) >= 11 is 0. The van der Waals surface area contributed by atoms with Crippen molar-refractivity contribution in [2.45, 2.75) is 23.0 Å². The van der Waals surface area contributed by atoms with Crippen molar-refractivity contribution in [2.75, 3.05) is 0 Å². The van der Waals surface area contributed by atoms with Gasteiger partial charge in [0.05, 0.1) is 12.0 Å². The molecule has 0 aliphatic carbocycles. The second-order valence-electron chi connectivity index (χ2n) is 10.2.